The van der Waals surface area contributed by atoms with E-state index in [9.17, 15) is 9.18 Å². The summed E-state index contributed by atoms with van der Waals surface area (Å²) in [6.45, 7) is 0. The standard InChI is InChI=1S/C13H11ClFN3O3/c1-20-8-5-3-4-7(15)11(8)12(19)18-13-16-9(14)6-10(17-13)21-2/h3-6H,1-2H3,(H,16,17,18,19). The van der Waals surface area contributed by atoms with Crippen LogP contribution < -0.4 is 14.8 Å². The molecular formula is C13H11ClFN3O3. The van der Waals surface area contributed by atoms with E-state index < -0.39 is 11.7 Å². The zero-order chi connectivity index (χ0) is 15.4. The van der Waals surface area contributed by atoms with Crippen molar-refractivity contribution in [1.29, 1.82) is 0 Å². The number of carbonyl (C=O) groups excluding carboxylic acids is 1. The maximum absolute atomic E-state index is 13.8. The molecule has 1 N–H and O–H groups in total. The van der Waals surface area contributed by atoms with E-state index in [0.29, 0.717) is 0 Å². The van der Waals surface area contributed by atoms with Gasteiger partial charge in [0.1, 0.15) is 22.3 Å². The number of hydrogen-bond donors (Lipinski definition) is 1. The number of halogens is 2. The minimum Gasteiger partial charge on any atom is -0.496 e. The van der Waals surface area contributed by atoms with Crippen molar-refractivity contribution in [3.63, 3.8) is 0 Å². The maximum Gasteiger partial charge on any atom is 0.264 e. The Labute approximate surface area is 124 Å². The molecule has 21 heavy (non-hydrogen) atoms. The van der Waals surface area contributed by atoms with E-state index in [1.165, 1.54) is 32.4 Å². The van der Waals surface area contributed by atoms with Crippen LogP contribution in [-0.4, -0.2) is 30.1 Å². The Morgan fingerprint density at radius 2 is 2.05 bits per heavy atom. The van der Waals surface area contributed by atoms with Gasteiger partial charge in [-0.2, -0.15) is 4.98 Å². The van der Waals surface area contributed by atoms with Gasteiger partial charge in [-0.05, 0) is 12.1 Å². The highest BCUT2D eigenvalue weighted by Gasteiger charge is 2.19. The van der Waals surface area contributed by atoms with Crippen molar-refractivity contribution >= 4 is 23.5 Å². The monoisotopic (exact) mass is 311 g/mol. The fraction of sp³-hybridized carbons (Fsp3) is 0.154. The summed E-state index contributed by atoms with van der Waals surface area (Å²) in [7, 11) is 2.73. The highest BCUT2D eigenvalue weighted by Crippen LogP contribution is 2.23. The van der Waals surface area contributed by atoms with Gasteiger partial charge in [-0.15, -0.1) is 0 Å². The van der Waals surface area contributed by atoms with E-state index in [-0.39, 0.29) is 28.3 Å². The number of carbonyl (C=O) groups is 1. The van der Waals surface area contributed by atoms with Crippen LogP contribution in [0.5, 0.6) is 11.6 Å². The molecule has 0 bridgehead atoms. The molecule has 0 radical (unpaired) electrons. The zero-order valence-corrected chi connectivity index (χ0v) is 11.9. The van der Waals surface area contributed by atoms with Crippen LogP contribution in [0.15, 0.2) is 24.3 Å². The second-order valence-corrected chi connectivity index (χ2v) is 4.22. The summed E-state index contributed by atoms with van der Waals surface area (Å²) in [5.41, 5.74) is -0.248. The van der Waals surface area contributed by atoms with Gasteiger partial charge >= 0.3 is 0 Å². The lowest BCUT2D eigenvalue weighted by Crippen LogP contribution is -2.17. The Balaban J connectivity index is 2.32. The normalized spacial score (nSPS) is 10.1. The van der Waals surface area contributed by atoms with Gasteiger partial charge in [-0.25, -0.2) is 9.37 Å². The summed E-state index contributed by atoms with van der Waals surface area (Å²) in [5, 5.41) is 2.42. The third-order valence-electron chi connectivity index (χ3n) is 2.53. The van der Waals surface area contributed by atoms with Crippen LogP contribution in [0, 0.1) is 5.82 Å². The molecule has 0 unspecified atom stereocenters. The van der Waals surface area contributed by atoms with Gasteiger partial charge in [0.05, 0.1) is 14.2 Å². The van der Waals surface area contributed by atoms with Crippen molar-refractivity contribution in [2.75, 3.05) is 19.5 Å². The minimum absolute atomic E-state index is 0.0812. The van der Waals surface area contributed by atoms with Crippen molar-refractivity contribution in [3.8, 4) is 11.6 Å². The van der Waals surface area contributed by atoms with E-state index in [1.54, 1.807) is 0 Å². The van der Waals surface area contributed by atoms with E-state index in [0.717, 1.165) is 6.07 Å². The molecule has 0 fully saturated rings. The summed E-state index contributed by atoms with van der Waals surface area (Å²) >= 11 is 5.77. The number of amides is 1. The van der Waals surface area contributed by atoms with Gasteiger partial charge in [-0.1, -0.05) is 17.7 Å². The Morgan fingerprint density at radius 3 is 2.71 bits per heavy atom. The average Bonchev–Trinajstić information content (AvgIpc) is 2.45. The first-order valence-electron chi connectivity index (χ1n) is 5.77. The molecule has 2 aromatic rings. The third-order valence-corrected chi connectivity index (χ3v) is 2.72. The number of nitrogens with one attached hydrogen (secondary N) is 1. The summed E-state index contributed by atoms with van der Waals surface area (Å²) in [6.07, 6.45) is 0. The number of aromatic nitrogens is 2. The van der Waals surface area contributed by atoms with Crippen LogP contribution in [0.3, 0.4) is 0 Å². The SMILES string of the molecule is COc1cc(Cl)nc(NC(=O)c2c(F)cccc2OC)n1. The van der Waals surface area contributed by atoms with Gasteiger partial charge in [0, 0.05) is 6.07 Å². The maximum atomic E-state index is 13.8. The van der Waals surface area contributed by atoms with E-state index in [2.05, 4.69) is 15.3 Å². The van der Waals surface area contributed by atoms with Crippen molar-refractivity contribution < 1.29 is 18.7 Å². The lowest BCUT2D eigenvalue weighted by atomic mass is 10.1. The molecule has 0 aliphatic rings. The Morgan fingerprint density at radius 1 is 1.29 bits per heavy atom. The molecule has 110 valence electrons. The summed E-state index contributed by atoms with van der Waals surface area (Å²) in [6, 6.07) is 5.43. The predicted molar refractivity (Wildman–Crippen MR) is 74.5 cm³/mol. The average molecular weight is 312 g/mol. The number of benzene rings is 1. The molecule has 1 heterocycles. The second kappa shape index (κ2) is 6.36. The van der Waals surface area contributed by atoms with Crippen LogP contribution in [0.1, 0.15) is 10.4 Å². The molecule has 6 nitrogen and oxygen atoms in total. The van der Waals surface area contributed by atoms with E-state index in [1.807, 2.05) is 0 Å². The third kappa shape index (κ3) is 3.38. The largest absolute Gasteiger partial charge is 0.496 e. The van der Waals surface area contributed by atoms with Crippen molar-refractivity contribution in [2.24, 2.45) is 0 Å². The minimum atomic E-state index is -0.755. The lowest BCUT2D eigenvalue weighted by molar-refractivity contribution is 0.101. The van der Waals surface area contributed by atoms with Crippen LogP contribution in [0.2, 0.25) is 5.15 Å². The smallest absolute Gasteiger partial charge is 0.264 e. The number of ether oxygens (including phenoxy) is 2. The fourth-order valence-corrected chi connectivity index (χ4v) is 1.79. The molecule has 0 saturated carbocycles. The molecular weight excluding hydrogens is 301 g/mol. The molecule has 1 amide bonds. The Hall–Kier alpha value is -2.41. The Kier molecular flexibility index (Phi) is 4.54. The van der Waals surface area contributed by atoms with Crippen LogP contribution in [0.25, 0.3) is 0 Å². The highest BCUT2D eigenvalue weighted by molar-refractivity contribution is 6.29. The number of methoxy groups -OCH3 is 2. The van der Waals surface area contributed by atoms with E-state index >= 15 is 0 Å². The highest BCUT2D eigenvalue weighted by atomic mass is 35.5. The first-order chi connectivity index (χ1) is 10.0. The van der Waals surface area contributed by atoms with Gasteiger partial charge in [0.15, 0.2) is 0 Å². The first kappa shape index (κ1) is 15.0. The summed E-state index contributed by atoms with van der Waals surface area (Å²) in [5.74, 6) is -1.31. The molecule has 0 aliphatic carbocycles. The quantitative estimate of drug-likeness (QED) is 0.878. The number of nitrogens with zero attached hydrogens (tertiary/aromatic N) is 2. The molecule has 0 saturated heterocycles. The van der Waals surface area contributed by atoms with Crippen molar-refractivity contribution in [2.45, 2.75) is 0 Å². The first-order valence-corrected chi connectivity index (χ1v) is 6.15. The van der Waals surface area contributed by atoms with Gasteiger partial charge in [0.25, 0.3) is 5.91 Å². The molecule has 0 spiro atoms. The lowest BCUT2D eigenvalue weighted by Gasteiger charge is -2.09. The topological polar surface area (TPSA) is 73.3 Å². The summed E-state index contributed by atoms with van der Waals surface area (Å²) < 4.78 is 23.6. The van der Waals surface area contributed by atoms with Gasteiger partial charge < -0.3 is 9.47 Å². The van der Waals surface area contributed by atoms with Gasteiger partial charge in [-0.3, -0.25) is 10.1 Å². The molecule has 8 heteroatoms. The number of hydrogen-bond acceptors (Lipinski definition) is 5. The summed E-state index contributed by atoms with van der Waals surface area (Å²) in [4.78, 5) is 19.8. The predicted octanol–water partition coefficient (Wildman–Crippen LogP) is 2.54. The molecule has 0 aliphatic heterocycles. The number of rotatable bonds is 4. The van der Waals surface area contributed by atoms with E-state index in [4.69, 9.17) is 21.1 Å². The van der Waals surface area contributed by atoms with Crippen molar-refractivity contribution in [1.82, 2.24) is 9.97 Å². The number of anilines is 1. The molecule has 1 aromatic carbocycles. The Bertz CT molecular complexity index is 682. The molecule has 2 rings (SSSR count). The zero-order valence-electron chi connectivity index (χ0n) is 11.2. The second-order valence-electron chi connectivity index (χ2n) is 3.83. The van der Waals surface area contributed by atoms with Crippen LogP contribution in [-0.2, 0) is 0 Å². The molecule has 0 atom stereocenters. The molecule has 1 aromatic heterocycles. The van der Waals surface area contributed by atoms with Crippen LogP contribution >= 0.6 is 11.6 Å². The fourth-order valence-electron chi connectivity index (χ4n) is 1.62. The van der Waals surface area contributed by atoms with Crippen LogP contribution in [0.4, 0.5) is 10.3 Å². The van der Waals surface area contributed by atoms with Crippen molar-refractivity contribution in [3.05, 3.63) is 40.8 Å². The van der Waals surface area contributed by atoms with Gasteiger partial charge in [0.2, 0.25) is 11.8 Å².